The number of nitrogens with zero attached hydrogens (tertiary/aromatic N) is 1. The van der Waals surface area contributed by atoms with Crippen molar-refractivity contribution < 1.29 is 9.90 Å². The number of carbonyl (C=O) groups is 1. The van der Waals surface area contributed by atoms with Gasteiger partial charge in [0, 0.05) is 19.0 Å². The number of hydrogen-bond donors (Lipinski definition) is 4. The van der Waals surface area contributed by atoms with Crippen LogP contribution in [0.4, 0.5) is 0 Å². The van der Waals surface area contributed by atoms with E-state index in [0.717, 1.165) is 50.8 Å². The molecule has 1 aromatic carbocycles. The number of aryl methyl sites for hydroxylation is 1. The summed E-state index contributed by atoms with van der Waals surface area (Å²) in [4.78, 5) is 20.6. The van der Waals surface area contributed by atoms with Crippen LogP contribution in [0.2, 0.25) is 0 Å². The van der Waals surface area contributed by atoms with Crippen LogP contribution in [-0.4, -0.2) is 33.6 Å². The molecule has 0 atom stereocenters. The van der Waals surface area contributed by atoms with E-state index in [1.807, 2.05) is 0 Å². The van der Waals surface area contributed by atoms with Crippen molar-refractivity contribution in [3.63, 3.8) is 0 Å². The summed E-state index contributed by atoms with van der Waals surface area (Å²) in [5.41, 5.74) is 7.59. The number of H-pyrrole nitrogens is 1. The lowest BCUT2D eigenvalue weighted by Crippen LogP contribution is -2.34. The van der Waals surface area contributed by atoms with Gasteiger partial charge in [0.05, 0.1) is 5.56 Å². The Hall–Kier alpha value is -2.08. The minimum atomic E-state index is -0.127. The van der Waals surface area contributed by atoms with Crippen LogP contribution in [0.5, 0.6) is 5.75 Å². The molecule has 0 bridgehead atoms. The quantitative estimate of drug-likeness (QED) is 0.517. The van der Waals surface area contributed by atoms with Crippen molar-refractivity contribution in [3.05, 3.63) is 23.5 Å². The maximum absolute atomic E-state index is 12.8. The molecule has 154 valence electrons. The largest absolute Gasteiger partial charge is 0.506 e. The van der Waals surface area contributed by atoms with Crippen LogP contribution in [0.15, 0.2) is 12.1 Å². The van der Waals surface area contributed by atoms with Gasteiger partial charge in [-0.15, -0.1) is 0 Å². The van der Waals surface area contributed by atoms with Gasteiger partial charge in [-0.3, -0.25) is 4.79 Å². The second-order valence-corrected chi connectivity index (χ2v) is 8.67. The van der Waals surface area contributed by atoms with Crippen molar-refractivity contribution in [2.75, 3.05) is 6.54 Å². The number of rotatable bonds is 8. The van der Waals surface area contributed by atoms with Crippen LogP contribution in [0.1, 0.15) is 75.0 Å². The van der Waals surface area contributed by atoms with Gasteiger partial charge < -0.3 is 21.1 Å². The topological polar surface area (TPSA) is 104 Å². The number of nitrogens with two attached hydrogens (primary N) is 1. The molecule has 0 unspecified atom stereocenters. The second-order valence-electron chi connectivity index (χ2n) is 8.67. The number of phenolic OH excluding ortho intramolecular Hbond substituents is 1. The summed E-state index contributed by atoms with van der Waals surface area (Å²) in [6, 6.07) is 3.54. The Morgan fingerprint density at radius 2 is 2.04 bits per heavy atom. The van der Waals surface area contributed by atoms with Gasteiger partial charge in [-0.05, 0) is 56.1 Å². The fourth-order valence-corrected chi connectivity index (χ4v) is 4.00. The predicted octanol–water partition coefficient (Wildman–Crippen LogP) is 3.88. The lowest BCUT2D eigenvalue weighted by Gasteiger charge is -2.26. The predicted molar refractivity (Wildman–Crippen MR) is 112 cm³/mol. The number of aromatic nitrogens is 2. The number of unbranched alkanes of at least 4 members (excludes halogenated alkanes) is 1. The first-order valence-corrected chi connectivity index (χ1v) is 10.7. The van der Waals surface area contributed by atoms with E-state index in [9.17, 15) is 9.90 Å². The first-order valence-electron chi connectivity index (χ1n) is 10.7. The molecular formula is C22H34N4O2. The zero-order valence-electron chi connectivity index (χ0n) is 17.1. The minimum Gasteiger partial charge on any atom is -0.506 e. The Kier molecular flexibility index (Phi) is 6.94. The molecular weight excluding hydrogens is 352 g/mol. The molecule has 6 nitrogen and oxygen atoms in total. The molecule has 1 heterocycles. The molecule has 0 spiro atoms. The summed E-state index contributed by atoms with van der Waals surface area (Å²) in [5, 5.41) is 13.2. The maximum Gasteiger partial charge on any atom is 0.253 e. The summed E-state index contributed by atoms with van der Waals surface area (Å²) < 4.78 is 0. The second kappa shape index (κ2) is 9.41. The number of amides is 1. The van der Waals surface area contributed by atoms with Crippen LogP contribution in [-0.2, 0) is 6.42 Å². The average Bonchev–Trinajstić information content (AvgIpc) is 3.10. The van der Waals surface area contributed by atoms with E-state index in [1.54, 1.807) is 12.1 Å². The number of nitrogens with one attached hydrogen (secondary N) is 2. The molecule has 6 heteroatoms. The van der Waals surface area contributed by atoms with E-state index in [4.69, 9.17) is 5.73 Å². The first-order chi connectivity index (χ1) is 13.4. The van der Waals surface area contributed by atoms with Gasteiger partial charge in [0.2, 0.25) is 0 Å². The molecule has 5 N–H and O–H groups in total. The number of fused-ring (bicyclic) bond motifs is 1. The molecule has 1 amide bonds. The van der Waals surface area contributed by atoms with Crippen LogP contribution in [0.3, 0.4) is 0 Å². The fourth-order valence-electron chi connectivity index (χ4n) is 4.00. The van der Waals surface area contributed by atoms with Crippen LogP contribution >= 0.6 is 0 Å². The average molecular weight is 387 g/mol. The number of aromatic amines is 1. The monoisotopic (exact) mass is 386 g/mol. The molecule has 1 aliphatic carbocycles. The van der Waals surface area contributed by atoms with Gasteiger partial charge in [-0.25, -0.2) is 4.98 Å². The third-order valence-electron chi connectivity index (χ3n) is 5.80. The number of imidazole rings is 1. The molecule has 1 aromatic heterocycles. The van der Waals surface area contributed by atoms with Crippen LogP contribution in [0.25, 0.3) is 11.0 Å². The Labute approximate surface area is 167 Å². The highest BCUT2D eigenvalue weighted by molar-refractivity contribution is 6.06. The summed E-state index contributed by atoms with van der Waals surface area (Å²) >= 11 is 0. The minimum absolute atomic E-state index is 0.127. The van der Waals surface area contributed by atoms with Crippen molar-refractivity contribution in [3.8, 4) is 5.75 Å². The van der Waals surface area contributed by atoms with Crippen molar-refractivity contribution in [1.82, 2.24) is 15.3 Å². The molecule has 1 fully saturated rings. The lowest BCUT2D eigenvalue weighted by atomic mass is 9.86. The molecule has 28 heavy (non-hydrogen) atoms. The van der Waals surface area contributed by atoms with E-state index >= 15 is 0 Å². The maximum atomic E-state index is 12.8. The highest BCUT2D eigenvalue weighted by atomic mass is 16.3. The molecule has 0 saturated heterocycles. The van der Waals surface area contributed by atoms with Gasteiger partial charge in [-0.2, -0.15) is 0 Å². The molecule has 0 radical (unpaired) electrons. The Bertz CT molecular complexity index is 791. The molecule has 3 rings (SSSR count). The number of aromatic hydroxyl groups is 1. The number of phenols is 1. The lowest BCUT2D eigenvalue weighted by molar-refractivity contribution is 0.0944. The van der Waals surface area contributed by atoms with E-state index in [-0.39, 0.29) is 11.7 Å². The van der Waals surface area contributed by atoms with E-state index in [1.165, 1.54) is 6.42 Å². The van der Waals surface area contributed by atoms with E-state index in [0.29, 0.717) is 41.0 Å². The molecule has 1 saturated carbocycles. The van der Waals surface area contributed by atoms with Crippen molar-refractivity contribution in [2.45, 2.75) is 71.3 Å². The van der Waals surface area contributed by atoms with Crippen molar-refractivity contribution in [2.24, 2.45) is 17.6 Å². The third-order valence-corrected chi connectivity index (χ3v) is 5.80. The zero-order chi connectivity index (χ0) is 20.1. The highest BCUT2D eigenvalue weighted by Gasteiger charge is 2.21. The molecule has 0 aliphatic heterocycles. The van der Waals surface area contributed by atoms with Gasteiger partial charge in [0.1, 0.15) is 22.6 Å². The number of benzene rings is 1. The van der Waals surface area contributed by atoms with Crippen LogP contribution in [0, 0.1) is 11.8 Å². The van der Waals surface area contributed by atoms with Gasteiger partial charge in [0.15, 0.2) is 0 Å². The first kappa shape index (κ1) is 20.6. The van der Waals surface area contributed by atoms with Gasteiger partial charge in [0.25, 0.3) is 5.91 Å². The Morgan fingerprint density at radius 3 is 2.75 bits per heavy atom. The summed E-state index contributed by atoms with van der Waals surface area (Å²) in [7, 11) is 0. The van der Waals surface area contributed by atoms with E-state index in [2.05, 4.69) is 29.1 Å². The van der Waals surface area contributed by atoms with E-state index < -0.39 is 0 Å². The number of hydrogen-bond acceptors (Lipinski definition) is 4. The standard InChI is InChI=1S/C22H34N4O2/c1-14(2)5-3-4-6-19-25-20-17(11-12-18(27)21(20)26-19)22(28)24-13-15-7-9-16(23)10-8-15/h11-12,14-16,27H,3-10,13,23H2,1-2H3,(H,24,28)(H,25,26). The zero-order valence-corrected chi connectivity index (χ0v) is 17.1. The molecule has 2 aromatic rings. The summed E-state index contributed by atoms with van der Waals surface area (Å²) in [6.07, 6.45) is 8.41. The van der Waals surface area contributed by atoms with Crippen molar-refractivity contribution in [1.29, 1.82) is 0 Å². The fraction of sp³-hybridized carbons (Fsp3) is 0.636. The summed E-state index contributed by atoms with van der Waals surface area (Å²) in [5.74, 6) is 2.03. The third kappa shape index (κ3) is 5.25. The molecule has 1 aliphatic rings. The normalized spacial score (nSPS) is 20.0. The van der Waals surface area contributed by atoms with Crippen LogP contribution < -0.4 is 11.1 Å². The Balaban J connectivity index is 1.65. The van der Waals surface area contributed by atoms with Gasteiger partial charge >= 0.3 is 0 Å². The smallest absolute Gasteiger partial charge is 0.253 e. The van der Waals surface area contributed by atoms with Crippen molar-refractivity contribution >= 4 is 16.9 Å². The number of carbonyl (C=O) groups excluding carboxylic acids is 1. The highest BCUT2D eigenvalue weighted by Crippen LogP contribution is 2.27. The SMILES string of the molecule is CC(C)CCCCc1nc2c(C(=O)NCC3CCC(N)CC3)ccc(O)c2[nH]1. The van der Waals surface area contributed by atoms with Gasteiger partial charge in [-0.1, -0.05) is 26.7 Å². The summed E-state index contributed by atoms with van der Waals surface area (Å²) in [6.45, 7) is 5.12. The Morgan fingerprint density at radius 1 is 1.29 bits per heavy atom.